The summed E-state index contributed by atoms with van der Waals surface area (Å²) >= 11 is 1.23. The number of hydrogen-bond acceptors (Lipinski definition) is 5. The van der Waals surface area contributed by atoms with Gasteiger partial charge in [0.05, 0.1) is 33.0 Å². The highest BCUT2D eigenvalue weighted by Crippen LogP contribution is 2.02. The number of thioether (sulfide) groups is 1. The Balaban J connectivity index is 3.18. The van der Waals surface area contributed by atoms with Gasteiger partial charge < -0.3 is 25.7 Å². The molecule has 0 amide bonds. The number of guanidine groups is 1. The standard InChI is InChI=1S/C9H20N4O3S/c1-14-2-3-15-4-5-16-6-7-17-9(12)13-8(10)11/h2-7H2,1H3,(H5,10,11,12,13). The Bertz CT molecular complexity index is 234. The minimum atomic E-state index is -0.102. The number of nitrogens with zero attached hydrogens (tertiary/aromatic N) is 1. The van der Waals surface area contributed by atoms with Gasteiger partial charge in [-0.3, -0.25) is 5.41 Å². The molecule has 0 aliphatic carbocycles. The smallest absolute Gasteiger partial charge is 0.193 e. The van der Waals surface area contributed by atoms with Crippen LogP contribution in [0.4, 0.5) is 0 Å². The number of nitrogens with one attached hydrogen (secondary N) is 1. The third-order valence-corrected chi connectivity index (χ3v) is 2.24. The number of amidine groups is 1. The first kappa shape index (κ1) is 16.2. The lowest BCUT2D eigenvalue weighted by molar-refractivity contribution is 0.0286. The van der Waals surface area contributed by atoms with Gasteiger partial charge in [-0.15, -0.1) is 0 Å². The zero-order valence-corrected chi connectivity index (χ0v) is 10.8. The predicted octanol–water partition coefficient (Wildman–Crippen LogP) is -0.393. The van der Waals surface area contributed by atoms with Crippen LogP contribution < -0.4 is 11.5 Å². The van der Waals surface area contributed by atoms with Crippen molar-refractivity contribution < 1.29 is 14.2 Å². The Morgan fingerprint density at radius 1 is 1.12 bits per heavy atom. The summed E-state index contributed by atoms with van der Waals surface area (Å²) < 4.78 is 15.3. The van der Waals surface area contributed by atoms with E-state index >= 15 is 0 Å². The van der Waals surface area contributed by atoms with E-state index in [0.717, 1.165) is 0 Å². The topological polar surface area (TPSA) is 116 Å². The Kier molecular flexibility index (Phi) is 11.1. The predicted molar refractivity (Wildman–Crippen MR) is 69.5 cm³/mol. The molecule has 0 unspecified atom stereocenters. The maximum atomic E-state index is 7.33. The largest absolute Gasteiger partial charge is 0.382 e. The summed E-state index contributed by atoms with van der Waals surface area (Å²) in [4.78, 5) is 3.57. The minimum absolute atomic E-state index is 0.0879. The van der Waals surface area contributed by atoms with Crippen LogP contribution in [-0.4, -0.2) is 57.0 Å². The van der Waals surface area contributed by atoms with Crippen LogP contribution in [0.15, 0.2) is 4.99 Å². The van der Waals surface area contributed by atoms with E-state index in [1.807, 2.05) is 0 Å². The van der Waals surface area contributed by atoms with Crippen LogP contribution in [0.1, 0.15) is 0 Å². The molecule has 0 aromatic carbocycles. The second-order valence-corrected chi connectivity index (χ2v) is 3.99. The van der Waals surface area contributed by atoms with E-state index in [2.05, 4.69) is 4.99 Å². The fourth-order valence-electron chi connectivity index (χ4n) is 0.811. The van der Waals surface area contributed by atoms with Gasteiger partial charge >= 0.3 is 0 Å². The van der Waals surface area contributed by atoms with Crippen molar-refractivity contribution in [1.29, 1.82) is 5.41 Å². The molecule has 0 fully saturated rings. The lowest BCUT2D eigenvalue weighted by atomic mass is 10.7. The molecule has 0 aromatic heterocycles. The van der Waals surface area contributed by atoms with Crippen LogP contribution in [0.25, 0.3) is 0 Å². The second-order valence-electron chi connectivity index (χ2n) is 2.91. The second kappa shape index (κ2) is 11.6. The fraction of sp³-hybridized carbons (Fsp3) is 0.778. The van der Waals surface area contributed by atoms with Gasteiger partial charge in [0.1, 0.15) is 0 Å². The molecular formula is C9H20N4O3S. The molecule has 0 bridgehead atoms. The quantitative estimate of drug-likeness (QED) is 0.297. The summed E-state index contributed by atoms with van der Waals surface area (Å²) in [7, 11) is 1.63. The van der Waals surface area contributed by atoms with Gasteiger partial charge in [-0.1, -0.05) is 11.8 Å². The molecule has 5 N–H and O–H groups in total. The molecule has 17 heavy (non-hydrogen) atoms. The summed E-state index contributed by atoms with van der Waals surface area (Å²) in [5, 5.41) is 7.42. The van der Waals surface area contributed by atoms with E-state index in [-0.39, 0.29) is 11.1 Å². The summed E-state index contributed by atoms with van der Waals surface area (Å²) in [6.07, 6.45) is 0. The molecule has 0 radical (unpaired) electrons. The minimum Gasteiger partial charge on any atom is -0.382 e. The lowest BCUT2D eigenvalue weighted by Gasteiger charge is -2.04. The van der Waals surface area contributed by atoms with Crippen molar-refractivity contribution in [2.45, 2.75) is 0 Å². The summed E-state index contributed by atoms with van der Waals surface area (Å²) in [6, 6.07) is 0. The summed E-state index contributed by atoms with van der Waals surface area (Å²) in [6.45, 7) is 2.76. The molecule has 0 saturated heterocycles. The Hall–Kier alpha value is -0.830. The van der Waals surface area contributed by atoms with Crippen LogP contribution in [0, 0.1) is 5.41 Å². The van der Waals surface area contributed by atoms with Crippen LogP contribution >= 0.6 is 11.8 Å². The van der Waals surface area contributed by atoms with Crippen LogP contribution in [0.2, 0.25) is 0 Å². The highest BCUT2D eigenvalue weighted by molar-refractivity contribution is 8.13. The molecule has 0 aromatic rings. The van der Waals surface area contributed by atoms with Crippen molar-refractivity contribution in [3.05, 3.63) is 0 Å². The van der Waals surface area contributed by atoms with Crippen LogP contribution in [-0.2, 0) is 14.2 Å². The molecule has 0 spiro atoms. The first-order valence-electron chi connectivity index (χ1n) is 5.12. The van der Waals surface area contributed by atoms with E-state index in [9.17, 15) is 0 Å². The molecule has 0 saturated carbocycles. The van der Waals surface area contributed by atoms with Crippen molar-refractivity contribution in [3.8, 4) is 0 Å². The Morgan fingerprint density at radius 2 is 1.71 bits per heavy atom. The molecule has 7 nitrogen and oxygen atoms in total. The number of aliphatic imine (C=N–C) groups is 1. The highest BCUT2D eigenvalue weighted by Gasteiger charge is 1.96. The van der Waals surface area contributed by atoms with E-state index in [1.165, 1.54) is 11.8 Å². The van der Waals surface area contributed by atoms with E-state index in [4.69, 9.17) is 31.1 Å². The van der Waals surface area contributed by atoms with Crippen LogP contribution in [0.3, 0.4) is 0 Å². The zero-order valence-electron chi connectivity index (χ0n) is 9.98. The van der Waals surface area contributed by atoms with E-state index < -0.39 is 0 Å². The number of methoxy groups -OCH3 is 1. The summed E-state index contributed by atoms with van der Waals surface area (Å²) in [5.41, 5.74) is 10.2. The van der Waals surface area contributed by atoms with Crippen molar-refractivity contribution >= 4 is 22.9 Å². The van der Waals surface area contributed by atoms with Gasteiger partial charge in [-0.2, -0.15) is 4.99 Å². The molecule has 0 rings (SSSR count). The van der Waals surface area contributed by atoms with E-state index in [1.54, 1.807) is 7.11 Å². The van der Waals surface area contributed by atoms with Crippen LogP contribution in [0.5, 0.6) is 0 Å². The van der Waals surface area contributed by atoms with Gasteiger partial charge in [-0.25, -0.2) is 0 Å². The number of nitrogens with two attached hydrogens (primary N) is 2. The number of hydrogen-bond donors (Lipinski definition) is 3. The normalized spacial score (nSPS) is 10.2. The van der Waals surface area contributed by atoms with Crippen molar-refractivity contribution in [2.75, 3.05) is 45.9 Å². The average molecular weight is 264 g/mol. The highest BCUT2D eigenvalue weighted by atomic mass is 32.2. The van der Waals surface area contributed by atoms with Crippen molar-refractivity contribution in [1.82, 2.24) is 0 Å². The molecule has 0 atom stereocenters. The molecule has 100 valence electrons. The van der Waals surface area contributed by atoms with Gasteiger partial charge in [-0.05, 0) is 0 Å². The SMILES string of the molecule is COCCOCCOCCSC(=N)N=C(N)N. The molecule has 0 heterocycles. The number of rotatable bonds is 9. The molecular weight excluding hydrogens is 244 g/mol. The maximum Gasteiger partial charge on any atom is 0.193 e. The zero-order chi connectivity index (χ0) is 12.9. The average Bonchev–Trinajstić information content (AvgIpc) is 2.26. The number of ether oxygens (including phenoxy) is 3. The molecule has 0 aliphatic rings. The lowest BCUT2D eigenvalue weighted by Crippen LogP contribution is -2.23. The van der Waals surface area contributed by atoms with Gasteiger partial charge in [0.2, 0.25) is 0 Å². The van der Waals surface area contributed by atoms with Gasteiger partial charge in [0.15, 0.2) is 11.1 Å². The van der Waals surface area contributed by atoms with Gasteiger partial charge in [0.25, 0.3) is 0 Å². The van der Waals surface area contributed by atoms with Crippen molar-refractivity contribution in [2.24, 2.45) is 16.5 Å². The van der Waals surface area contributed by atoms with Gasteiger partial charge in [0, 0.05) is 12.9 Å². The van der Waals surface area contributed by atoms with E-state index in [0.29, 0.717) is 38.8 Å². The summed E-state index contributed by atoms with van der Waals surface area (Å²) in [5.74, 6) is 0.531. The third-order valence-electron chi connectivity index (χ3n) is 1.50. The first-order chi connectivity index (χ1) is 8.16. The Labute approximate surface area is 105 Å². The first-order valence-corrected chi connectivity index (χ1v) is 6.10. The van der Waals surface area contributed by atoms with Crippen molar-refractivity contribution in [3.63, 3.8) is 0 Å². The molecule has 0 aliphatic heterocycles. The maximum absolute atomic E-state index is 7.33. The monoisotopic (exact) mass is 264 g/mol. The fourth-order valence-corrected chi connectivity index (χ4v) is 1.38. The third kappa shape index (κ3) is 13.1. The Morgan fingerprint density at radius 3 is 2.29 bits per heavy atom. The molecule has 8 heteroatoms.